The number of hydrogen-bond donors (Lipinski definition) is 2. The van der Waals surface area contributed by atoms with Crippen LogP contribution in [0.4, 0.5) is 5.69 Å². The van der Waals surface area contributed by atoms with E-state index in [-0.39, 0.29) is 36.3 Å². The number of hydrogen-bond acceptors (Lipinski definition) is 3. The van der Waals surface area contributed by atoms with Gasteiger partial charge in [-0.3, -0.25) is 9.59 Å². The Kier molecular flexibility index (Phi) is 7.11. The summed E-state index contributed by atoms with van der Waals surface area (Å²) < 4.78 is 0. The molecule has 25 heavy (non-hydrogen) atoms. The molecule has 2 aliphatic rings. The molecule has 2 N–H and O–H groups in total. The van der Waals surface area contributed by atoms with Gasteiger partial charge in [0.1, 0.15) is 0 Å². The Morgan fingerprint density at radius 1 is 1.24 bits per heavy atom. The molecule has 5 nitrogen and oxygen atoms in total. The first-order valence-electron chi connectivity index (χ1n) is 8.71. The van der Waals surface area contributed by atoms with Gasteiger partial charge in [0.05, 0.1) is 16.6 Å². The predicted octanol–water partition coefficient (Wildman–Crippen LogP) is 3.47. The first kappa shape index (κ1) is 20.0. The SMILES string of the molecule is CC1CCCCN1C(=O)c1ccc(NC(=O)C2CCCN2)cc1Cl.Cl. The minimum atomic E-state index is -0.140. The van der Waals surface area contributed by atoms with Crippen LogP contribution < -0.4 is 10.6 Å². The first-order chi connectivity index (χ1) is 11.6. The van der Waals surface area contributed by atoms with Crippen molar-refractivity contribution in [3.8, 4) is 0 Å². The minimum Gasteiger partial charge on any atom is -0.336 e. The van der Waals surface area contributed by atoms with Gasteiger partial charge in [0.2, 0.25) is 5.91 Å². The maximum absolute atomic E-state index is 12.7. The summed E-state index contributed by atoms with van der Waals surface area (Å²) in [4.78, 5) is 26.8. The Morgan fingerprint density at radius 3 is 2.68 bits per heavy atom. The second-order valence-corrected chi connectivity index (χ2v) is 7.08. The number of carbonyl (C=O) groups excluding carboxylic acids is 2. The van der Waals surface area contributed by atoms with Gasteiger partial charge in [-0.2, -0.15) is 0 Å². The van der Waals surface area contributed by atoms with Gasteiger partial charge < -0.3 is 15.5 Å². The molecule has 0 saturated carbocycles. The van der Waals surface area contributed by atoms with Gasteiger partial charge in [0.15, 0.2) is 0 Å². The molecule has 0 aliphatic carbocycles. The second-order valence-electron chi connectivity index (χ2n) is 6.68. The van der Waals surface area contributed by atoms with E-state index < -0.39 is 0 Å². The normalized spacial score (nSPS) is 23.0. The second kappa shape index (κ2) is 8.88. The number of rotatable bonds is 3. The van der Waals surface area contributed by atoms with Crippen LogP contribution in [0.1, 0.15) is 49.4 Å². The molecule has 138 valence electrons. The number of anilines is 1. The van der Waals surface area contributed by atoms with Crippen LogP contribution in [0.15, 0.2) is 18.2 Å². The molecule has 2 unspecified atom stereocenters. The average molecular weight is 386 g/mol. The van der Waals surface area contributed by atoms with Crippen molar-refractivity contribution in [3.05, 3.63) is 28.8 Å². The smallest absolute Gasteiger partial charge is 0.255 e. The summed E-state index contributed by atoms with van der Waals surface area (Å²) in [6.45, 7) is 3.73. The fourth-order valence-electron chi connectivity index (χ4n) is 3.46. The number of nitrogens with one attached hydrogen (secondary N) is 2. The average Bonchev–Trinajstić information content (AvgIpc) is 3.09. The van der Waals surface area contributed by atoms with Gasteiger partial charge >= 0.3 is 0 Å². The van der Waals surface area contributed by atoms with Crippen molar-refractivity contribution in [2.45, 2.75) is 51.1 Å². The summed E-state index contributed by atoms with van der Waals surface area (Å²) in [7, 11) is 0. The molecule has 3 rings (SSSR count). The third kappa shape index (κ3) is 4.66. The number of carbonyl (C=O) groups is 2. The van der Waals surface area contributed by atoms with Crippen LogP contribution in [-0.2, 0) is 4.79 Å². The van der Waals surface area contributed by atoms with Crippen LogP contribution >= 0.6 is 24.0 Å². The third-order valence-electron chi connectivity index (χ3n) is 4.91. The lowest BCUT2D eigenvalue weighted by Gasteiger charge is -2.33. The highest BCUT2D eigenvalue weighted by atomic mass is 35.5. The highest BCUT2D eigenvalue weighted by Gasteiger charge is 2.26. The topological polar surface area (TPSA) is 61.4 Å². The largest absolute Gasteiger partial charge is 0.336 e. The van der Waals surface area contributed by atoms with Crippen molar-refractivity contribution in [2.75, 3.05) is 18.4 Å². The maximum atomic E-state index is 12.7. The molecule has 2 fully saturated rings. The van der Waals surface area contributed by atoms with Crippen molar-refractivity contribution >= 4 is 41.5 Å². The van der Waals surface area contributed by atoms with E-state index in [0.717, 1.165) is 38.8 Å². The molecule has 2 saturated heterocycles. The van der Waals surface area contributed by atoms with Crippen LogP contribution in [0.5, 0.6) is 0 Å². The number of benzene rings is 1. The lowest BCUT2D eigenvalue weighted by Crippen LogP contribution is -2.42. The molecule has 2 atom stereocenters. The van der Waals surface area contributed by atoms with E-state index in [1.807, 2.05) is 4.90 Å². The number of halogens is 2. The van der Waals surface area contributed by atoms with Crippen molar-refractivity contribution < 1.29 is 9.59 Å². The molecule has 7 heteroatoms. The fourth-order valence-corrected chi connectivity index (χ4v) is 3.72. The van der Waals surface area contributed by atoms with Gasteiger partial charge in [0.25, 0.3) is 5.91 Å². The summed E-state index contributed by atoms with van der Waals surface area (Å²) >= 11 is 6.32. The third-order valence-corrected chi connectivity index (χ3v) is 5.22. The van der Waals surface area contributed by atoms with Gasteiger partial charge in [-0.05, 0) is 63.8 Å². The molecule has 0 radical (unpaired) electrons. The summed E-state index contributed by atoms with van der Waals surface area (Å²) in [5.74, 6) is -0.0742. The standard InChI is InChI=1S/C18H24ClN3O2.ClH/c1-12-5-2-3-10-22(12)18(24)14-8-7-13(11-15(14)19)21-17(23)16-6-4-9-20-16;/h7-8,11-12,16,20H,2-6,9-10H2,1H3,(H,21,23);1H. The molecular formula is C18H25Cl2N3O2. The van der Waals surface area contributed by atoms with E-state index in [1.54, 1.807) is 18.2 Å². The van der Waals surface area contributed by atoms with Crippen molar-refractivity contribution in [1.29, 1.82) is 0 Å². The molecule has 1 aromatic rings. The first-order valence-corrected chi connectivity index (χ1v) is 9.09. The monoisotopic (exact) mass is 385 g/mol. The lowest BCUT2D eigenvalue weighted by atomic mass is 10.0. The quantitative estimate of drug-likeness (QED) is 0.836. The number of piperidine rings is 1. The zero-order chi connectivity index (χ0) is 17.1. The van der Waals surface area contributed by atoms with Gasteiger partial charge in [-0.1, -0.05) is 11.6 Å². The number of nitrogens with zero attached hydrogens (tertiary/aromatic N) is 1. The highest BCUT2D eigenvalue weighted by molar-refractivity contribution is 6.34. The van der Waals surface area contributed by atoms with Crippen molar-refractivity contribution in [3.63, 3.8) is 0 Å². The van der Waals surface area contributed by atoms with E-state index in [1.165, 1.54) is 6.42 Å². The Morgan fingerprint density at radius 2 is 2.04 bits per heavy atom. The van der Waals surface area contributed by atoms with Crippen LogP contribution in [0.3, 0.4) is 0 Å². The maximum Gasteiger partial charge on any atom is 0.255 e. The van der Waals surface area contributed by atoms with Gasteiger partial charge in [-0.25, -0.2) is 0 Å². The molecule has 0 aromatic heterocycles. The zero-order valence-corrected chi connectivity index (χ0v) is 16.0. The molecule has 2 aliphatic heterocycles. The molecule has 2 heterocycles. The molecule has 1 aromatic carbocycles. The Balaban J connectivity index is 0.00000225. The van der Waals surface area contributed by atoms with E-state index in [9.17, 15) is 9.59 Å². The van der Waals surface area contributed by atoms with Crippen molar-refractivity contribution in [1.82, 2.24) is 10.2 Å². The Labute approximate surface area is 159 Å². The van der Waals surface area contributed by atoms with Crippen molar-refractivity contribution in [2.24, 2.45) is 0 Å². The molecule has 2 amide bonds. The number of amides is 2. The summed E-state index contributed by atoms with van der Waals surface area (Å²) in [5.41, 5.74) is 1.13. The minimum absolute atomic E-state index is 0. The summed E-state index contributed by atoms with van der Waals surface area (Å²) in [5, 5.41) is 6.42. The zero-order valence-electron chi connectivity index (χ0n) is 14.4. The Hall–Kier alpha value is -1.30. The van der Waals surface area contributed by atoms with Gasteiger partial charge in [0, 0.05) is 18.3 Å². The van der Waals surface area contributed by atoms with Crippen LogP contribution in [0.2, 0.25) is 5.02 Å². The summed E-state index contributed by atoms with van der Waals surface area (Å²) in [6.07, 6.45) is 5.10. The van der Waals surface area contributed by atoms with E-state index in [0.29, 0.717) is 16.3 Å². The molecule has 0 spiro atoms. The van der Waals surface area contributed by atoms with E-state index in [4.69, 9.17) is 11.6 Å². The van der Waals surface area contributed by atoms with E-state index >= 15 is 0 Å². The fraction of sp³-hybridized carbons (Fsp3) is 0.556. The molecular weight excluding hydrogens is 361 g/mol. The molecule has 0 bridgehead atoms. The van der Waals surface area contributed by atoms with Crippen LogP contribution in [0.25, 0.3) is 0 Å². The number of likely N-dealkylation sites (tertiary alicyclic amines) is 1. The summed E-state index contributed by atoms with van der Waals surface area (Å²) in [6, 6.07) is 5.23. The van der Waals surface area contributed by atoms with E-state index in [2.05, 4.69) is 17.6 Å². The predicted molar refractivity (Wildman–Crippen MR) is 103 cm³/mol. The Bertz CT molecular complexity index is 633. The highest BCUT2D eigenvalue weighted by Crippen LogP contribution is 2.26. The van der Waals surface area contributed by atoms with Crippen LogP contribution in [0, 0.1) is 0 Å². The van der Waals surface area contributed by atoms with Gasteiger partial charge in [-0.15, -0.1) is 12.4 Å². The lowest BCUT2D eigenvalue weighted by molar-refractivity contribution is -0.117. The van der Waals surface area contributed by atoms with Crippen LogP contribution in [-0.4, -0.2) is 41.9 Å².